The Morgan fingerprint density at radius 3 is 2.41 bits per heavy atom. The van der Waals surface area contributed by atoms with Crippen LogP contribution in [0.4, 0.5) is 4.39 Å². The minimum atomic E-state index is -0.300. The molecule has 7 heteroatoms. The number of likely N-dealkylation sites (tertiary alicyclic amines) is 2. The summed E-state index contributed by atoms with van der Waals surface area (Å²) in [5.74, 6) is -0.0188. The molecule has 4 rings (SSSR count). The van der Waals surface area contributed by atoms with Gasteiger partial charge in [-0.3, -0.25) is 14.4 Å². The number of nitrogens with zero attached hydrogens (tertiary/aromatic N) is 2. The molecule has 0 aromatic heterocycles. The summed E-state index contributed by atoms with van der Waals surface area (Å²) in [4.78, 5) is 40.7. The molecular weight excluding hydrogens is 373 g/mol. The van der Waals surface area contributed by atoms with E-state index in [2.05, 4.69) is 5.32 Å². The molecule has 2 saturated heterocycles. The molecule has 1 N–H and O–H groups in total. The summed E-state index contributed by atoms with van der Waals surface area (Å²) in [5.41, 5.74) is 0.816. The molecule has 0 spiro atoms. The number of rotatable bonds is 6. The number of hydrogen-bond acceptors (Lipinski definition) is 3. The first-order valence-corrected chi connectivity index (χ1v) is 10.6. The standard InChI is InChI=1S/C22H28FN3O3/c23-18-3-1-15(2-4-18)11-20(27)25-9-7-16(8-10-25)13-26-14-17(12-21(26)28)22(29)24-19-5-6-19/h1-4,16-17,19H,5-14H2,(H,24,29). The van der Waals surface area contributed by atoms with Crippen molar-refractivity contribution in [1.82, 2.24) is 15.1 Å². The van der Waals surface area contributed by atoms with Gasteiger partial charge in [0, 0.05) is 38.6 Å². The summed E-state index contributed by atoms with van der Waals surface area (Å²) in [6.07, 6.45) is 4.42. The Bertz CT molecular complexity index is 770. The number of hydrogen-bond donors (Lipinski definition) is 1. The van der Waals surface area contributed by atoms with Crippen molar-refractivity contribution in [3.63, 3.8) is 0 Å². The third-order valence-electron chi connectivity index (χ3n) is 6.22. The van der Waals surface area contributed by atoms with E-state index < -0.39 is 0 Å². The van der Waals surface area contributed by atoms with Crippen LogP contribution in [0.15, 0.2) is 24.3 Å². The van der Waals surface area contributed by atoms with Gasteiger partial charge < -0.3 is 15.1 Å². The minimum Gasteiger partial charge on any atom is -0.353 e. The predicted molar refractivity (Wildman–Crippen MR) is 105 cm³/mol. The van der Waals surface area contributed by atoms with E-state index in [0.717, 1.165) is 31.2 Å². The van der Waals surface area contributed by atoms with Gasteiger partial charge in [-0.25, -0.2) is 4.39 Å². The van der Waals surface area contributed by atoms with Gasteiger partial charge in [0.05, 0.1) is 12.3 Å². The quantitative estimate of drug-likeness (QED) is 0.789. The average Bonchev–Trinajstić information content (AvgIpc) is 3.45. The van der Waals surface area contributed by atoms with Crippen molar-refractivity contribution < 1.29 is 18.8 Å². The lowest BCUT2D eigenvalue weighted by Crippen LogP contribution is -2.42. The highest BCUT2D eigenvalue weighted by Crippen LogP contribution is 2.26. The van der Waals surface area contributed by atoms with Crippen molar-refractivity contribution in [3.8, 4) is 0 Å². The summed E-state index contributed by atoms with van der Waals surface area (Å²) in [6.45, 7) is 2.55. The number of carbonyl (C=O) groups excluding carboxylic acids is 3. The highest BCUT2D eigenvalue weighted by atomic mass is 19.1. The summed E-state index contributed by atoms with van der Waals surface area (Å²) >= 11 is 0. The van der Waals surface area contributed by atoms with Gasteiger partial charge in [0.15, 0.2) is 0 Å². The summed E-state index contributed by atoms with van der Waals surface area (Å²) in [6, 6.07) is 6.37. The largest absolute Gasteiger partial charge is 0.353 e. The Labute approximate surface area is 170 Å². The third-order valence-corrected chi connectivity index (χ3v) is 6.22. The van der Waals surface area contributed by atoms with Crippen LogP contribution in [0.1, 0.15) is 37.7 Å². The monoisotopic (exact) mass is 401 g/mol. The molecule has 0 radical (unpaired) electrons. The molecular formula is C22H28FN3O3. The fourth-order valence-electron chi connectivity index (χ4n) is 4.24. The van der Waals surface area contributed by atoms with Crippen molar-refractivity contribution >= 4 is 17.7 Å². The van der Waals surface area contributed by atoms with Gasteiger partial charge in [-0.2, -0.15) is 0 Å². The Morgan fingerprint density at radius 2 is 1.76 bits per heavy atom. The van der Waals surface area contributed by atoms with Crippen molar-refractivity contribution in [2.75, 3.05) is 26.2 Å². The van der Waals surface area contributed by atoms with Gasteiger partial charge in [-0.15, -0.1) is 0 Å². The Kier molecular flexibility index (Phi) is 5.83. The van der Waals surface area contributed by atoms with Crippen LogP contribution in [0.5, 0.6) is 0 Å². The van der Waals surface area contributed by atoms with Gasteiger partial charge in [-0.1, -0.05) is 12.1 Å². The van der Waals surface area contributed by atoms with E-state index in [4.69, 9.17) is 0 Å². The second kappa shape index (κ2) is 8.51. The first kappa shape index (κ1) is 19.9. The van der Waals surface area contributed by atoms with E-state index in [0.29, 0.717) is 44.6 Å². The van der Waals surface area contributed by atoms with Crippen LogP contribution in [0.3, 0.4) is 0 Å². The molecule has 3 fully saturated rings. The number of benzene rings is 1. The first-order valence-electron chi connectivity index (χ1n) is 10.6. The number of halogens is 1. The molecule has 2 heterocycles. The normalized spacial score (nSPS) is 22.8. The SMILES string of the molecule is O=C(NC1CC1)C1CC(=O)N(CC2CCN(C(=O)Cc3ccc(F)cc3)CC2)C1. The third kappa shape index (κ3) is 5.14. The van der Waals surface area contributed by atoms with E-state index in [1.165, 1.54) is 12.1 Å². The maximum atomic E-state index is 13.0. The van der Waals surface area contributed by atoms with Crippen molar-refractivity contribution in [1.29, 1.82) is 0 Å². The highest BCUT2D eigenvalue weighted by Gasteiger charge is 2.37. The Morgan fingerprint density at radius 1 is 1.07 bits per heavy atom. The Hall–Kier alpha value is -2.44. The number of amides is 3. The van der Waals surface area contributed by atoms with E-state index in [9.17, 15) is 18.8 Å². The number of carbonyl (C=O) groups is 3. The van der Waals surface area contributed by atoms with Crippen LogP contribution in [0.2, 0.25) is 0 Å². The molecule has 6 nitrogen and oxygen atoms in total. The topological polar surface area (TPSA) is 69.7 Å². The van der Waals surface area contributed by atoms with Gasteiger partial charge in [0.1, 0.15) is 5.82 Å². The first-order chi connectivity index (χ1) is 14.0. The molecule has 1 unspecified atom stereocenters. The van der Waals surface area contributed by atoms with E-state index >= 15 is 0 Å². The second-order valence-electron chi connectivity index (χ2n) is 8.61. The molecule has 156 valence electrons. The van der Waals surface area contributed by atoms with Gasteiger partial charge >= 0.3 is 0 Å². The zero-order valence-electron chi connectivity index (χ0n) is 16.6. The van der Waals surface area contributed by atoms with E-state index in [-0.39, 0.29) is 35.9 Å². The van der Waals surface area contributed by atoms with Crippen LogP contribution >= 0.6 is 0 Å². The van der Waals surface area contributed by atoms with Crippen molar-refractivity contribution in [2.24, 2.45) is 11.8 Å². The zero-order chi connectivity index (χ0) is 20.4. The molecule has 1 saturated carbocycles. The van der Waals surface area contributed by atoms with Crippen LogP contribution < -0.4 is 5.32 Å². The molecule has 2 aliphatic heterocycles. The van der Waals surface area contributed by atoms with E-state index in [1.807, 2.05) is 9.80 Å². The lowest BCUT2D eigenvalue weighted by atomic mass is 9.95. The van der Waals surface area contributed by atoms with Crippen LogP contribution in [-0.2, 0) is 20.8 Å². The molecule has 1 atom stereocenters. The van der Waals surface area contributed by atoms with Crippen LogP contribution in [0.25, 0.3) is 0 Å². The van der Waals surface area contributed by atoms with Gasteiger partial charge in [0.2, 0.25) is 17.7 Å². The molecule has 1 aliphatic carbocycles. The van der Waals surface area contributed by atoms with Gasteiger partial charge in [0.25, 0.3) is 0 Å². The molecule has 1 aromatic carbocycles. The van der Waals surface area contributed by atoms with Crippen LogP contribution in [0, 0.1) is 17.7 Å². The summed E-state index contributed by atoms with van der Waals surface area (Å²) in [5, 5.41) is 3.00. The lowest BCUT2D eigenvalue weighted by molar-refractivity contribution is -0.133. The van der Waals surface area contributed by atoms with E-state index in [1.54, 1.807) is 12.1 Å². The average molecular weight is 401 g/mol. The highest BCUT2D eigenvalue weighted by molar-refractivity contribution is 5.89. The molecule has 3 amide bonds. The maximum absolute atomic E-state index is 13.0. The fraction of sp³-hybridized carbons (Fsp3) is 0.591. The summed E-state index contributed by atoms with van der Waals surface area (Å²) < 4.78 is 13.0. The number of nitrogens with one attached hydrogen (secondary N) is 1. The maximum Gasteiger partial charge on any atom is 0.226 e. The van der Waals surface area contributed by atoms with Crippen molar-refractivity contribution in [2.45, 2.75) is 44.6 Å². The minimum absolute atomic E-state index is 0.0181. The lowest BCUT2D eigenvalue weighted by Gasteiger charge is -2.34. The van der Waals surface area contributed by atoms with Crippen LogP contribution in [-0.4, -0.2) is 59.7 Å². The van der Waals surface area contributed by atoms with Crippen molar-refractivity contribution in [3.05, 3.63) is 35.6 Å². The molecule has 0 bridgehead atoms. The second-order valence-corrected chi connectivity index (χ2v) is 8.61. The zero-order valence-corrected chi connectivity index (χ0v) is 16.6. The smallest absolute Gasteiger partial charge is 0.226 e. The molecule has 29 heavy (non-hydrogen) atoms. The number of piperidine rings is 1. The summed E-state index contributed by atoms with van der Waals surface area (Å²) in [7, 11) is 0. The molecule has 1 aromatic rings. The van der Waals surface area contributed by atoms with Gasteiger partial charge in [-0.05, 0) is 49.3 Å². The molecule has 3 aliphatic rings. The predicted octanol–water partition coefficient (Wildman–Crippen LogP) is 1.73. The Balaban J connectivity index is 1.21. The fourth-order valence-corrected chi connectivity index (χ4v) is 4.24.